The number of benzene rings is 2. The SMILES string of the molecule is COc1cccc2c1Oc1cc(-c3cccnc3)ccc1N2[C@H]1C[C@H]2CC[C@@H](C1)N2C(=O)OC(C)(C)C. The molecule has 2 fully saturated rings. The van der Waals surface area contributed by atoms with Gasteiger partial charge in [0.2, 0.25) is 0 Å². The number of methoxy groups -OCH3 is 1. The topological polar surface area (TPSA) is 64.1 Å². The maximum absolute atomic E-state index is 13.1. The Morgan fingerprint density at radius 3 is 2.43 bits per heavy atom. The molecule has 192 valence electrons. The number of ether oxygens (including phenoxy) is 3. The molecule has 1 aromatic heterocycles. The summed E-state index contributed by atoms with van der Waals surface area (Å²) in [4.78, 5) is 21.7. The minimum atomic E-state index is -0.502. The summed E-state index contributed by atoms with van der Waals surface area (Å²) in [6.45, 7) is 5.77. The summed E-state index contributed by atoms with van der Waals surface area (Å²) < 4.78 is 18.0. The van der Waals surface area contributed by atoms with Crippen LogP contribution < -0.4 is 14.4 Å². The second kappa shape index (κ2) is 8.98. The van der Waals surface area contributed by atoms with E-state index in [0.29, 0.717) is 5.75 Å². The van der Waals surface area contributed by atoms with Crippen molar-refractivity contribution >= 4 is 17.5 Å². The van der Waals surface area contributed by atoms with Crippen molar-refractivity contribution in [2.45, 2.75) is 70.2 Å². The van der Waals surface area contributed by atoms with Gasteiger partial charge < -0.3 is 24.0 Å². The predicted molar refractivity (Wildman–Crippen MR) is 143 cm³/mol. The van der Waals surface area contributed by atoms with Crippen LogP contribution in [0.3, 0.4) is 0 Å². The van der Waals surface area contributed by atoms with Crippen LogP contribution in [0.5, 0.6) is 17.2 Å². The number of piperidine rings is 1. The molecular weight excluding hydrogens is 466 g/mol. The number of aromatic nitrogens is 1. The Labute approximate surface area is 218 Å². The molecule has 0 N–H and O–H groups in total. The van der Waals surface area contributed by atoms with Gasteiger partial charge >= 0.3 is 6.09 Å². The number of hydrogen-bond acceptors (Lipinski definition) is 6. The normalized spacial score (nSPS) is 22.1. The number of pyridine rings is 1. The van der Waals surface area contributed by atoms with Gasteiger partial charge in [-0.2, -0.15) is 0 Å². The molecular formula is C30H33N3O4. The van der Waals surface area contributed by atoms with Crippen molar-refractivity contribution in [1.29, 1.82) is 0 Å². The van der Waals surface area contributed by atoms with E-state index in [-0.39, 0.29) is 24.2 Å². The number of rotatable bonds is 3. The first-order valence-corrected chi connectivity index (χ1v) is 13.0. The van der Waals surface area contributed by atoms with E-state index in [2.05, 4.69) is 34.1 Å². The molecule has 3 aliphatic heterocycles. The Kier molecular flexibility index (Phi) is 5.74. The van der Waals surface area contributed by atoms with Gasteiger partial charge in [-0.05, 0) is 82.3 Å². The van der Waals surface area contributed by atoms with Gasteiger partial charge in [-0.25, -0.2) is 4.79 Å². The number of para-hydroxylation sites is 1. The molecule has 2 saturated heterocycles. The van der Waals surface area contributed by atoms with Gasteiger partial charge in [0.25, 0.3) is 0 Å². The van der Waals surface area contributed by atoms with Crippen molar-refractivity contribution < 1.29 is 19.0 Å². The Bertz CT molecular complexity index is 1310. The van der Waals surface area contributed by atoms with Gasteiger partial charge in [-0.3, -0.25) is 4.98 Å². The fourth-order valence-corrected chi connectivity index (χ4v) is 6.07. The first-order chi connectivity index (χ1) is 17.8. The van der Waals surface area contributed by atoms with E-state index in [1.807, 2.05) is 56.1 Å². The van der Waals surface area contributed by atoms with Crippen molar-refractivity contribution in [2.24, 2.45) is 0 Å². The Hall–Kier alpha value is -3.74. The molecule has 1 amide bonds. The summed E-state index contributed by atoms with van der Waals surface area (Å²) in [6.07, 6.45) is 7.20. The fraction of sp³-hybridized carbons (Fsp3) is 0.400. The number of amides is 1. The lowest BCUT2D eigenvalue weighted by molar-refractivity contribution is 0.00613. The number of fused-ring (bicyclic) bond motifs is 4. The van der Waals surface area contributed by atoms with E-state index < -0.39 is 5.60 Å². The first kappa shape index (κ1) is 23.6. The molecule has 3 aliphatic rings. The summed E-state index contributed by atoms with van der Waals surface area (Å²) in [5.74, 6) is 2.22. The summed E-state index contributed by atoms with van der Waals surface area (Å²) in [5.41, 5.74) is 3.61. The molecule has 0 aliphatic carbocycles. The smallest absolute Gasteiger partial charge is 0.410 e. The highest BCUT2D eigenvalue weighted by Crippen LogP contribution is 2.54. The molecule has 7 nitrogen and oxygen atoms in total. The van der Waals surface area contributed by atoms with Crippen LogP contribution >= 0.6 is 0 Å². The van der Waals surface area contributed by atoms with Crippen molar-refractivity contribution in [3.05, 3.63) is 60.9 Å². The van der Waals surface area contributed by atoms with Crippen LogP contribution in [-0.2, 0) is 4.74 Å². The maximum Gasteiger partial charge on any atom is 0.410 e. The minimum absolute atomic E-state index is 0.161. The molecule has 2 bridgehead atoms. The quantitative estimate of drug-likeness (QED) is 0.389. The van der Waals surface area contributed by atoms with Crippen molar-refractivity contribution in [3.63, 3.8) is 0 Å². The van der Waals surface area contributed by atoms with E-state index >= 15 is 0 Å². The van der Waals surface area contributed by atoms with Gasteiger partial charge in [0.05, 0.1) is 18.5 Å². The van der Waals surface area contributed by atoms with E-state index in [0.717, 1.165) is 59.7 Å². The molecule has 0 radical (unpaired) electrons. The number of nitrogens with zero attached hydrogens (tertiary/aromatic N) is 3. The molecule has 3 atom stereocenters. The van der Waals surface area contributed by atoms with Crippen LogP contribution in [0.15, 0.2) is 60.9 Å². The maximum atomic E-state index is 13.1. The van der Waals surface area contributed by atoms with E-state index in [9.17, 15) is 4.79 Å². The Morgan fingerprint density at radius 1 is 0.973 bits per heavy atom. The lowest BCUT2D eigenvalue weighted by Crippen LogP contribution is -2.53. The molecule has 4 heterocycles. The largest absolute Gasteiger partial charge is 0.493 e. The predicted octanol–water partition coefficient (Wildman–Crippen LogP) is 6.93. The second-order valence-electron chi connectivity index (χ2n) is 11.1. The van der Waals surface area contributed by atoms with Crippen LogP contribution in [0.25, 0.3) is 11.1 Å². The molecule has 37 heavy (non-hydrogen) atoms. The highest BCUT2D eigenvalue weighted by atomic mass is 16.6. The third-order valence-electron chi connectivity index (χ3n) is 7.54. The zero-order chi connectivity index (χ0) is 25.7. The third-order valence-corrected chi connectivity index (χ3v) is 7.54. The van der Waals surface area contributed by atoms with Gasteiger partial charge in [0.1, 0.15) is 5.60 Å². The molecule has 0 spiro atoms. The van der Waals surface area contributed by atoms with Crippen molar-refractivity contribution in [1.82, 2.24) is 9.88 Å². The average Bonchev–Trinajstić information content (AvgIpc) is 3.16. The zero-order valence-corrected chi connectivity index (χ0v) is 21.8. The zero-order valence-electron chi connectivity index (χ0n) is 21.8. The molecule has 0 unspecified atom stereocenters. The van der Waals surface area contributed by atoms with Crippen LogP contribution in [0.4, 0.5) is 16.2 Å². The summed E-state index contributed by atoms with van der Waals surface area (Å²) in [5, 5.41) is 0. The Balaban J connectivity index is 1.37. The molecule has 0 saturated carbocycles. The van der Waals surface area contributed by atoms with Gasteiger partial charge in [0, 0.05) is 36.1 Å². The monoisotopic (exact) mass is 499 g/mol. The highest BCUT2D eigenvalue weighted by Gasteiger charge is 2.47. The van der Waals surface area contributed by atoms with Crippen LogP contribution in [0.2, 0.25) is 0 Å². The summed E-state index contributed by atoms with van der Waals surface area (Å²) >= 11 is 0. The van der Waals surface area contributed by atoms with E-state index in [1.165, 1.54) is 0 Å². The molecule has 2 aromatic carbocycles. The molecule has 7 heteroatoms. The summed E-state index contributed by atoms with van der Waals surface area (Å²) in [6, 6.07) is 16.9. The van der Waals surface area contributed by atoms with Gasteiger partial charge in [-0.15, -0.1) is 0 Å². The standard InChI is InChI=1S/C30H33N3O4/c1-30(2,3)37-29(34)32-21-11-12-22(32)17-23(16-21)33-24-13-10-19(20-7-6-14-31-18-20)15-27(24)36-28-25(33)8-5-9-26(28)35-4/h5-10,13-15,18,21-23H,11-12,16-17H2,1-4H3/t21-,22+,23+. The number of hydrogen-bond donors (Lipinski definition) is 0. The van der Waals surface area contributed by atoms with E-state index in [1.54, 1.807) is 13.3 Å². The van der Waals surface area contributed by atoms with E-state index in [4.69, 9.17) is 14.2 Å². The van der Waals surface area contributed by atoms with Crippen molar-refractivity contribution in [3.8, 4) is 28.4 Å². The highest BCUT2D eigenvalue weighted by molar-refractivity contribution is 5.83. The van der Waals surface area contributed by atoms with Crippen LogP contribution in [-0.4, -0.2) is 46.8 Å². The number of carbonyl (C=O) groups excluding carboxylic acids is 1. The lowest BCUT2D eigenvalue weighted by Gasteiger charge is -2.46. The third kappa shape index (κ3) is 4.26. The fourth-order valence-electron chi connectivity index (χ4n) is 6.07. The number of carbonyl (C=O) groups is 1. The number of anilines is 2. The van der Waals surface area contributed by atoms with Gasteiger partial charge in [-0.1, -0.05) is 18.2 Å². The van der Waals surface area contributed by atoms with Crippen molar-refractivity contribution in [2.75, 3.05) is 12.0 Å². The Morgan fingerprint density at radius 2 is 1.76 bits per heavy atom. The molecule has 3 aromatic rings. The van der Waals surface area contributed by atoms with Crippen LogP contribution in [0, 0.1) is 0 Å². The minimum Gasteiger partial charge on any atom is -0.493 e. The lowest BCUT2D eigenvalue weighted by atomic mass is 9.94. The summed E-state index contributed by atoms with van der Waals surface area (Å²) in [7, 11) is 1.67. The van der Waals surface area contributed by atoms with Crippen LogP contribution in [0.1, 0.15) is 46.5 Å². The molecule has 6 rings (SSSR count). The second-order valence-corrected chi connectivity index (χ2v) is 11.1. The first-order valence-electron chi connectivity index (χ1n) is 13.0. The van der Waals surface area contributed by atoms with Gasteiger partial charge in [0.15, 0.2) is 17.2 Å². The average molecular weight is 500 g/mol.